The van der Waals surface area contributed by atoms with Gasteiger partial charge < -0.3 is 39.4 Å². The van der Waals surface area contributed by atoms with Gasteiger partial charge in [-0.2, -0.15) is 0 Å². The van der Waals surface area contributed by atoms with Crippen molar-refractivity contribution in [1.29, 1.82) is 0 Å². The van der Waals surface area contributed by atoms with Crippen LogP contribution in [-0.2, 0) is 32.0 Å². The van der Waals surface area contributed by atoms with Crippen LogP contribution in [0.2, 0.25) is 0 Å². The van der Waals surface area contributed by atoms with Crippen LogP contribution >= 0.6 is 0 Å². The highest BCUT2D eigenvalue weighted by Gasteiger charge is 2.17. The Hall–Kier alpha value is -3.78. The normalized spacial score (nSPS) is 17.8. The fraction of sp³-hybridized carbons (Fsp3) is 0.438. The van der Waals surface area contributed by atoms with Gasteiger partial charge in [-0.3, -0.25) is 19.8 Å². The molecule has 1 fully saturated rings. The van der Waals surface area contributed by atoms with E-state index >= 15 is 0 Å². The van der Waals surface area contributed by atoms with Crippen molar-refractivity contribution in [2.75, 3.05) is 79.0 Å². The van der Waals surface area contributed by atoms with Gasteiger partial charge in [0.1, 0.15) is 34.0 Å². The highest BCUT2D eigenvalue weighted by Crippen LogP contribution is 2.35. The molecule has 1 aliphatic heterocycles. The Labute approximate surface area is 256 Å². The van der Waals surface area contributed by atoms with E-state index in [2.05, 4.69) is 19.8 Å². The van der Waals surface area contributed by atoms with E-state index in [0.29, 0.717) is 125 Å². The summed E-state index contributed by atoms with van der Waals surface area (Å²) < 4.78 is 23.3. The lowest BCUT2D eigenvalue weighted by Crippen LogP contribution is -2.32. The molecule has 2 aromatic carbocycles. The zero-order valence-electron chi connectivity index (χ0n) is 24.7. The molecule has 5 rings (SSSR count). The highest BCUT2D eigenvalue weighted by molar-refractivity contribution is 5.91. The van der Waals surface area contributed by atoms with E-state index in [1.807, 2.05) is 0 Å². The minimum Gasteiger partial charge on any atom is -0.507 e. The molecule has 0 radical (unpaired) electrons. The number of rotatable bonds is 4. The molecule has 236 valence electrons. The number of ether oxygens (including phenoxy) is 4. The van der Waals surface area contributed by atoms with Crippen molar-refractivity contribution in [3.63, 3.8) is 0 Å². The Balaban J connectivity index is 1.15. The Bertz CT molecular complexity index is 1390. The largest absolute Gasteiger partial charge is 0.507 e. The van der Waals surface area contributed by atoms with Crippen molar-refractivity contribution in [3.8, 4) is 23.0 Å². The molecule has 4 N–H and O–H groups in total. The smallest absolute Gasteiger partial charge is 0.146 e. The first-order chi connectivity index (χ1) is 21.5. The van der Waals surface area contributed by atoms with E-state index in [1.165, 1.54) is 0 Å². The zero-order chi connectivity index (χ0) is 30.7. The van der Waals surface area contributed by atoms with Crippen LogP contribution in [0.1, 0.15) is 11.1 Å². The van der Waals surface area contributed by atoms with Gasteiger partial charge in [0.2, 0.25) is 0 Å². The van der Waals surface area contributed by atoms with Crippen LogP contribution in [0.25, 0.3) is 21.8 Å². The number of hydrogen-bond donors (Lipinski definition) is 4. The van der Waals surface area contributed by atoms with E-state index in [-0.39, 0.29) is 23.0 Å². The molecule has 0 unspecified atom stereocenters. The summed E-state index contributed by atoms with van der Waals surface area (Å²) in [6.45, 7) is 6.64. The maximum Gasteiger partial charge on any atom is 0.146 e. The summed E-state index contributed by atoms with van der Waals surface area (Å²) in [6, 6.07) is 10.0. The van der Waals surface area contributed by atoms with E-state index in [0.717, 1.165) is 0 Å². The number of benzene rings is 2. The van der Waals surface area contributed by atoms with Gasteiger partial charge in [0.25, 0.3) is 0 Å². The van der Waals surface area contributed by atoms with Gasteiger partial charge in [0, 0.05) is 73.6 Å². The predicted octanol–water partition coefficient (Wildman–Crippen LogP) is 2.99. The van der Waals surface area contributed by atoms with Crippen LogP contribution in [-0.4, -0.2) is 119 Å². The maximum absolute atomic E-state index is 10.8. The maximum atomic E-state index is 10.8. The van der Waals surface area contributed by atoms with E-state index in [4.69, 9.17) is 18.9 Å². The molecule has 0 amide bonds. The quantitative estimate of drug-likeness (QED) is 0.252. The number of pyridine rings is 2. The van der Waals surface area contributed by atoms with E-state index in [9.17, 15) is 20.4 Å². The summed E-state index contributed by atoms with van der Waals surface area (Å²) in [5.74, 6) is 0.262. The number of fused-ring (bicyclic) bond motifs is 2. The van der Waals surface area contributed by atoms with Crippen LogP contribution in [0.4, 0.5) is 0 Å². The molecule has 1 aliphatic rings. The topological polar surface area (TPSA) is 150 Å². The van der Waals surface area contributed by atoms with E-state index < -0.39 is 0 Å². The average molecular weight is 609 g/mol. The van der Waals surface area contributed by atoms with E-state index in [1.54, 1.807) is 48.8 Å². The monoisotopic (exact) mass is 608 g/mol. The fourth-order valence-corrected chi connectivity index (χ4v) is 5.21. The zero-order valence-corrected chi connectivity index (χ0v) is 24.7. The molecule has 0 bridgehead atoms. The van der Waals surface area contributed by atoms with Gasteiger partial charge in [-0.05, 0) is 36.4 Å². The molecule has 0 saturated carbocycles. The molecule has 0 aliphatic carbocycles. The molecule has 2 aromatic heterocycles. The van der Waals surface area contributed by atoms with Crippen LogP contribution in [0.3, 0.4) is 0 Å². The van der Waals surface area contributed by atoms with Gasteiger partial charge in [0.15, 0.2) is 0 Å². The average Bonchev–Trinajstić information content (AvgIpc) is 3.03. The molecule has 1 saturated heterocycles. The summed E-state index contributed by atoms with van der Waals surface area (Å²) in [4.78, 5) is 12.7. The molecular formula is C32H40N4O8. The predicted molar refractivity (Wildman–Crippen MR) is 164 cm³/mol. The second-order valence-electron chi connectivity index (χ2n) is 10.6. The molecule has 12 nitrogen and oxygen atoms in total. The number of aromatic nitrogens is 2. The van der Waals surface area contributed by atoms with Gasteiger partial charge >= 0.3 is 0 Å². The van der Waals surface area contributed by atoms with Gasteiger partial charge in [0.05, 0.1) is 52.9 Å². The first kappa shape index (κ1) is 31.6. The van der Waals surface area contributed by atoms with Crippen LogP contribution < -0.4 is 0 Å². The second kappa shape index (κ2) is 15.8. The number of nitrogens with zero attached hydrogens (tertiary/aromatic N) is 4. The summed E-state index contributed by atoms with van der Waals surface area (Å²) in [7, 11) is 0. The minimum atomic E-state index is 0.0554. The van der Waals surface area contributed by atoms with Crippen molar-refractivity contribution < 1.29 is 39.4 Å². The molecule has 4 aromatic rings. The Kier molecular flexibility index (Phi) is 11.4. The second-order valence-corrected chi connectivity index (χ2v) is 10.6. The number of phenols is 4. The molecule has 12 heteroatoms. The third-order valence-corrected chi connectivity index (χ3v) is 7.59. The van der Waals surface area contributed by atoms with Crippen molar-refractivity contribution in [2.24, 2.45) is 0 Å². The third kappa shape index (κ3) is 8.23. The van der Waals surface area contributed by atoms with Crippen LogP contribution in [0.15, 0.2) is 48.8 Å². The van der Waals surface area contributed by atoms with Crippen LogP contribution in [0.5, 0.6) is 23.0 Å². The lowest BCUT2D eigenvalue weighted by molar-refractivity contribution is 0.00612. The summed E-state index contributed by atoms with van der Waals surface area (Å²) >= 11 is 0. The molecular weight excluding hydrogens is 568 g/mol. The van der Waals surface area contributed by atoms with Crippen molar-refractivity contribution >= 4 is 21.8 Å². The van der Waals surface area contributed by atoms with Gasteiger partial charge in [-0.15, -0.1) is 0 Å². The lowest BCUT2D eigenvalue weighted by Gasteiger charge is -2.24. The molecule has 0 atom stereocenters. The van der Waals surface area contributed by atoms with Gasteiger partial charge in [-0.25, -0.2) is 0 Å². The van der Waals surface area contributed by atoms with Crippen LogP contribution in [0, 0.1) is 0 Å². The first-order valence-electron chi connectivity index (χ1n) is 14.8. The number of aromatic hydroxyl groups is 4. The Morgan fingerprint density at radius 3 is 1.27 bits per heavy atom. The SMILES string of the molecule is Oc1cc(CN2CCOCCOCCN(Cc3cc(O)c4cccnc4c3O)CCOCCOCC2)c(O)c2ncccc12. The first-order valence-corrected chi connectivity index (χ1v) is 14.8. The van der Waals surface area contributed by atoms with Crippen molar-refractivity contribution in [1.82, 2.24) is 19.8 Å². The lowest BCUT2D eigenvalue weighted by atomic mass is 10.1. The Morgan fingerprint density at radius 2 is 0.909 bits per heavy atom. The highest BCUT2D eigenvalue weighted by atomic mass is 16.5. The summed E-state index contributed by atoms with van der Waals surface area (Å²) in [5.41, 5.74) is 1.90. The molecule has 0 spiro atoms. The molecule has 3 heterocycles. The number of hydrogen-bond acceptors (Lipinski definition) is 12. The number of phenolic OH excluding ortho intramolecular Hbond substituents is 4. The van der Waals surface area contributed by atoms with Crippen molar-refractivity contribution in [2.45, 2.75) is 13.1 Å². The standard InChI is InChI=1S/C32H40N4O8/c37-27-19-23(31(39)29-25(27)3-1-5-33-29)21-35-7-11-41-15-17-43-13-9-36(10-14-44-18-16-42-12-8-35)22-24-20-28(38)26-4-2-6-34-30(26)32(24)40/h1-6,19-20,37-40H,7-18,21-22H2. The summed E-state index contributed by atoms with van der Waals surface area (Å²) in [6.07, 6.45) is 3.18. The third-order valence-electron chi connectivity index (χ3n) is 7.59. The van der Waals surface area contributed by atoms with Crippen molar-refractivity contribution in [3.05, 3.63) is 59.9 Å². The summed E-state index contributed by atoms with van der Waals surface area (Å²) in [5, 5.41) is 43.6. The Morgan fingerprint density at radius 1 is 0.545 bits per heavy atom. The fourth-order valence-electron chi connectivity index (χ4n) is 5.21. The minimum absolute atomic E-state index is 0.0554. The van der Waals surface area contributed by atoms with Gasteiger partial charge in [-0.1, -0.05) is 0 Å². The molecule has 44 heavy (non-hydrogen) atoms.